The molecule has 0 spiro atoms. The zero-order chi connectivity index (χ0) is 30.9. The van der Waals surface area contributed by atoms with Gasteiger partial charge in [0.2, 0.25) is 5.91 Å². The summed E-state index contributed by atoms with van der Waals surface area (Å²) >= 11 is 7.22. The quantitative estimate of drug-likeness (QED) is 0.483. The van der Waals surface area contributed by atoms with Crippen molar-refractivity contribution in [3.05, 3.63) is 63.6 Å². The molecule has 2 saturated heterocycles. The number of benzene rings is 1. The van der Waals surface area contributed by atoms with Crippen molar-refractivity contribution < 1.29 is 37.2 Å². The molecule has 43 heavy (non-hydrogen) atoms. The smallest absolute Gasteiger partial charge is 0.361 e. The first kappa shape index (κ1) is 30.5. The molecule has 0 unspecified atom stereocenters. The van der Waals surface area contributed by atoms with E-state index in [1.165, 1.54) is 35.6 Å². The van der Waals surface area contributed by atoms with Gasteiger partial charge in [-0.25, -0.2) is 9.59 Å². The number of hydroxylamine groups is 1. The number of urea groups is 1. The molecule has 3 aliphatic heterocycles. The summed E-state index contributed by atoms with van der Waals surface area (Å²) in [5, 5.41) is 4.65. The van der Waals surface area contributed by atoms with Crippen molar-refractivity contribution in [1.29, 1.82) is 0 Å². The number of thiophene rings is 1. The molecule has 0 radical (unpaired) electrons. The van der Waals surface area contributed by atoms with Gasteiger partial charge in [-0.2, -0.15) is 13.2 Å². The minimum absolute atomic E-state index is 0.0485. The van der Waals surface area contributed by atoms with Gasteiger partial charge < -0.3 is 29.8 Å². The van der Waals surface area contributed by atoms with Crippen LogP contribution >= 0.6 is 22.9 Å². The fraction of sp³-hybridized carbons (Fsp3) is 0.407. The Balaban J connectivity index is 1.29. The number of amides is 4. The highest BCUT2D eigenvalue weighted by Crippen LogP contribution is 2.29. The molecule has 0 bridgehead atoms. The number of halogens is 4. The third kappa shape index (κ3) is 6.82. The van der Waals surface area contributed by atoms with Crippen LogP contribution in [0.3, 0.4) is 0 Å². The van der Waals surface area contributed by atoms with Crippen LogP contribution in [0.4, 0.5) is 23.7 Å². The number of carbonyl (C=O) groups excluding carboxylic acids is 4. The van der Waals surface area contributed by atoms with Crippen molar-refractivity contribution in [1.82, 2.24) is 24.9 Å². The Hall–Kier alpha value is -3.98. The molecule has 1 aromatic carbocycles. The van der Waals surface area contributed by atoms with Gasteiger partial charge in [-0.15, -0.1) is 16.4 Å². The van der Waals surface area contributed by atoms with Crippen LogP contribution in [-0.4, -0.2) is 95.1 Å². The van der Waals surface area contributed by atoms with Crippen LogP contribution in [-0.2, 0) is 25.6 Å². The van der Waals surface area contributed by atoms with E-state index in [4.69, 9.17) is 11.6 Å². The SMILES string of the molecule is CN1C=C2C(=O)N(C3CCN(C(=O)[C@@H](Cc4cccs4)NC(=O)N(OC(=O)C(F)(F)F)c4ccc(Cl)cc4)CC3)CN2C1. The van der Waals surface area contributed by atoms with Crippen LogP contribution in [0.1, 0.15) is 17.7 Å². The van der Waals surface area contributed by atoms with E-state index in [0.29, 0.717) is 45.0 Å². The summed E-state index contributed by atoms with van der Waals surface area (Å²) in [6.45, 7) is 1.73. The van der Waals surface area contributed by atoms with Crippen LogP contribution in [0.5, 0.6) is 0 Å². The number of likely N-dealkylation sites (tertiary alicyclic amines) is 1. The summed E-state index contributed by atoms with van der Waals surface area (Å²) in [6.07, 6.45) is -2.45. The summed E-state index contributed by atoms with van der Waals surface area (Å²) in [5.41, 5.74) is 0.441. The average molecular weight is 641 g/mol. The van der Waals surface area contributed by atoms with Crippen molar-refractivity contribution in [3.8, 4) is 0 Å². The Morgan fingerprint density at radius 1 is 1.14 bits per heavy atom. The van der Waals surface area contributed by atoms with E-state index in [1.54, 1.807) is 22.4 Å². The molecule has 1 atom stereocenters. The molecule has 4 heterocycles. The maximum Gasteiger partial charge on any atom is 0.493 e. The summed E-state index contributed by atoms with van der Waals surface area (Å²) < 4.78 is 39.1. The Morgan fingerprint density at radius 2 is 1.84 bits per heavy atom. The fourth-order valence-corrected chi connectivity index (χ4v) is 6.12. The number of rotatable bonds is 6. The lowest BCUT2D eigenvalue weighted by Crippen LogP contribution is -2.56. The summed E-state index contributed by atoms with van der Waals surface area (Å²) in [7, 11) is 1.90. The second-order valence-electron chi connectivity index (χ2n) is 10.4. The molecule has 2 aromatic rings. The Labute approximate surface area is 253 Å². The largest absolute Gasteiger partial charge is 0.493 e. The number of piperidine rings is 1. The maximum absolute atomic E-state index is 13.7. The molecule has 1 N–H and O–H groups in total. The zero-order valence-corrected chi connectivity index (χ0v) is 24.5. The third-order valence-electron chi connectivity index (χ3n) is 7.33. The number of nitrogens with one attached hydrogen (secondary N) is 1. The summed E-state index contributed by atoms with van der Waals surface area (Å²) in [4.78, 5) is 64.1. The highest BCUT2D eigenvalue weighted by molar-refractivity contribution is 7.09. The topological polar surface area (TPSA) is 106 Å². The average Bonchev–Trinajstić information content (AvgIpc) is 3.69. The third-order valence-corrected chi connectivity index (χ3v) is 8.48. The van der Waals surface area contributed by atoms with E-state index in [0.717, 1.165) is 4.88 Å². The molecule has 5 rings (SSSR count). The molecular formula is C27H28ClF3N6O5S. The van der Waals surface area contributed by atoms with Gasteiger partial charge in [-0.1, -0.05) is 17.7 Å². The van der Waals surface area contributed by atoms with Crippen molar-refractivity contribution in [2.24, 2.45) is 0 Å². The maximum atomic E-state index is 13.7. The molecule has 0 aliphatic carbocycles. The first-order valence-corrected chi connectivity index (χ1v) is 14.6. The van der Waals surface area contributed by atoms with Crippen LogP contribution in [0.15, 0.2) is 53.7 Å². The summed E-state index contributed by atoms with van der Waals surface area (Å²) in [6, 6.07) is 6.05. The molecule has 11 nitrogen and oxygen atoms in total. The number of alkyl halides is 3. The Bertz CT molecular complexity index is 1400. The van der Waals surface area contributed by atoms with E-state index in [-0.39, 0.29) is 34.1 Å². The first-order chi connectivity index (χ1) is 20.4. The van der Waals surface area contributed by atoms with Gasteiger partial charge in [0.05, 0.1) is 19.0 Å². The molecule has 16 heteroatoms. The second kappa shape index (κ2) is 12.3. The van der Waals surface area contributed by atoms with Gasteiger partial charge in [0, 0.05) is 48.7 Å². The highest BCUT2D eigenvalue weighted by atomic mass is 35.5. The normalized spacial score (nSPS) is 18.0. The van der Waals surface area contributed by atoms with Crippen molar-refractivity contribution >= 4 is 52.4 Å². The monoisotopic (exact) mass is 640 g/mol. The van der Waals surface area contributed by atoms with Gasteiger partial charge in [-0.3, -0.25) is 9.59 Å². The van der Waals surface area contributed by atoms with Crippen LogP contribution in [0.2, 0.25) is 5.02 Å². The number of anilines is 1. The van der Waals surface area contributed by atoms with Crippen LogP contribution < -0.4 is 10.4 Å². The van der Waals surface area contributed by atoms with Crippen molar-refractivity contribution in [2.75, 3.05) is 38.5 Å². The lowest BCUT2D eigenvalue weighted by Gasteiger charge is -2.38. The molecular weight excluding hydrogens is 613 g/mol. The number of carbonyl (C=O) groups is 4. The van der Waals surface area contributed by atoms with E-state index in [2.05, 4.69) is 10.2 Å². The molecule has 2 fully saturated rings. The number of hydrogen-bond acceptors (Lipinski definition) is 8. The first-order valence-electron chi connectivity index (χ1n) is 13.3. The minimum Gasteiger partial charge on any atom is -0.361 e. The predicted molar refractivity (Wildman–Crippen MR) is 150 cm³/mol. The van der Waals surface area contributed by atoms with E-state index in [1.807, 2.05) is 27.9 Å². The highest BCUT2D eigenvalue weighted by Gasteiger charge is 2.45. The predicted octanol–water partition coefficient (Wildman–Crippen LogP) is 3.39. The molecule has 4 amide bonds. The van der Waals surface area contributed by atoms with E-state index >= 15 is 0 Å². The van der Waals surface area contributed by atoms with Crippen molar-refractivity contribution in [3.63, 3.8) is 0 Å². The van der Waals surface area contributed by atoms with Crippen molar-refractivity contribution in [2.45, 2.75) is 37.5 Å². The van der Waals surface area contributed by atoms with Gasteiger partial charge >= 0.3 is 18.2 Å². The molecule has 1 aromatic heterocycles. The Morgan fingerprint density at radius 3 is 2.44 bits per heavy atom. The Kier molecular flexibility index (Phi) is 8.74. The van der Waals surface area contributed by atoms with E-state index in [9.17, 15) is 32.3 Å². The summed E-state index contributed by atoms with van der Waals surface area (Å²) in [5.74, 6) is -3.11. The lowest BCUT2D eigenvalue weighted by atomic mass is 10.0. The lowest BCUT2D eigenvalue weighted by molar-refractivity contribution is -0.199. The minimum atomic E-state index is -5.37. The standard InChI is InChI=1S/C27H28ClF3N6O5S/c1-33-14-22-24(39)36(16-35(22)15-33)18-8-10-34(11-9-18)23(38)21(13-20-3-2-12-43-20)32-26(41)37(42-25(40)27(29,30)31)19-6-4-17(28)5-7-19/h2-7,12,14,18,21H,8-11,13,15-16H2,1H3,(H,32,41)/t21-/m1/s1. The van der Waals surface area contributed by atoms with Gasteiger partial charge in [0.25, 0.3) is 5.91 Å². The number of nitrogens with zero attached hydrogens (tertiary/aromatic N) is 5. The zero-order valence-electron chi connectivity index (χ0n) is 22.9. The molecule has 3 aliphatic rings. The molecule has 0 saturated carbocycles. The van der Waals surface area contributed by atoms with Gasteiger partial charge in [-0.05, 0) is 48.6 Å². The second-order valence-corrected chi connectivity index (χ2v) is 11.8. The van der Waals surface area contributed by atoms with Gasteiger partial charge in [0.15, 0.2) is 0 Å². The fourth-order valence-electron chi connectivity index (χ4n) is 5.24. The van der Waals surface area contributed by atoms with Crippen LogP contribution in [0.25, 0.3) is 0 Å². The number of fused-ring (bicyclic) bond motifs is 1. The van der Waals surface area contributed by atoms with Crippen LogP contribution in [0, 0.1) is 0 Å². The number of hydrogen-bond donors (Lipinski definition) is 1. The van der Waals surface area contributed by atoms with Gasteiger partial charge in [0.1, 0.15) is 11.7 Å². The molecule has 230 valence electrons. The van der Waals surface area contributed by atoms with E-state index < -0.39 is 30.1 Å².